The number of aromatic amines is 1. The van der Waals surface area contributed by atoms with Crippen molar-refractivity contribution in [2.24, 2.45) is 5.92 Å². The number of likely N-dealkylation sites (tertiary alicyclic amines) is 1. The topological polar surface area (TPSA) is 48.1 Å². The minimum atomic E-state index is -0.00197. The van der Waals surface area contributed by atoms with Crippen LogP contribution in [-0.2, 0) is 0 Å². The zero-order chi connectivity index (χ0) is 15.5. The van der Waals surface area contributed by atoms with Crippen molar-refractivity contribution in [3.05, 3.63) is 36.0 Å². The number of benzene rings is 1. The van der Waals surface area contributed by atoms with E-state index in [0.717, 1.165) is 24.0 Å². The van der Waals surface area contributed by atoms with E-state index in [0.29, 0.717) is 17.7 Å². The second-order valence-corrected chi connectivity index (χ2v) is 6.58. The highest BCUT2D eigenvalue weighted by Gasteiger charge is 2.22. The van der Waals surface area contributed by atoms with E-state index in [9.17, 15) is 4.79 Å². The van der Waals surface area contributed by atoms with Gasteiger partial charge in [0.15, 0.2) is 0 Å². The number of amides is 1. The fourth-order valence-corrected chi connectivity index (χ4v) is 3.26. The van der Waals surface area contributed by atoms with Crippen molar-refractivity contribution in [3.63, 3.8) is 0 Å². The van der Waals surface area contributed by atoms with E-state index < -0.39 is 0 Å². The van der Waals surface area contributed by atoms with Gasteiger partial charge < -0.3 is 15.2 Å². The molecule has 0 radical (unpaired) electrons. The summed E-state index contributed by atoms with van der Waals surface area (Å²) in [6, 6.07) is 10.5. The lowest BCUT2D eigenvalue weighted by Crippen LogP contribution is -2.43. The number of hydrogen-bond acceptors (Lipinski definition) is 2. The van der Waals surface area contributed by atoms with E-state index in [1.165, 1.54) is 19.4 Å². The highest BCUT2D eigenvalue weighted by molar-refractivity contribution is 5.97. The third kappa shape index (κ3) is 3.33. The lowest BCUT2D eigenvalue weighted by Gasteiger charge is -2.35. The first-order valence-electron chi connectivity index (χ1n) is 8.23. The Morgan fingerprint density at radius 2 is 2.23 bits per heavy atom. The van der Waals surface area contributed by atoms with Crippen LogP contribution in [0.15, 0.2) is 30.3 Å². The molecule has 4 nitrogen and oxygen atoms in total. The fraction of sp³-hybridized carbons (Fsp3) is 0.500. The number of carbonyl (C=O) groups excluding carboxylic acids is 1. The minimum Gasteiger partial charge on any atom is -0.351 e. The summed E-state index contributed by atoms with van der Waals surface area (Å²) in [5.74, 6) is 0.558. The predicted octanol–water partition coefficient (Wildman–Crippen LogP) is 3.02. The molecular formula is C18H25N3O. The molecule has 1 saturated heterocycles. The van der Waals surface area contributed by atoms with E-state index in [1.54, 1.807) is 0 Å². The van der Waals surface area contributed by atoms with Crippen molar-refractivity contribution in [1.82, 2.24) is 15.2 Å². The molecule has 1 fully saturated rings. The maximum atomic E-state index is 12.3. The van der Waals surface area contributed by atoms with E-state index in [2.05, 4.69) is 29.0 Å². The number of piperidine rings is 1. The monoisotopic (exact) mass is 299 g/mol. The molecule has 0 bridgehead atoms. The lowest BCUT2D eigenvalue weighted by molar-refractivity contribution is 0.0918. The highest BCUT2D eigenvalue weighted by Crippen LogP contribution is 2.18. The Bertz CT molecular complexity index is 614. The normalized spacial score (nSPS) is 19.7. The molecule has 1 atom stereocenters. The Balaban J connectivity index is 1.57. The molecule has 4 heteroatoms. The maximum absolute atomic E-state index is 12.3. The van der Waals surface area contributed by atoms with Crippen LogP contribution in [-0.4, -0.2) is 41.5 Å². The van der Waals surface area contributed by atoms with Gasteiger partial charge in [-0.25, -0.2) is 0 Å². The van der Waals surface area contributed by atoms with Gasteiger partial charge in [0.1, 0.15) is 5.69 Å². The fourth-order valence-electron chi connectivity index (χ4n) is 3.26. The summed E-state index contributed by atoms with van der Waals surface area (Å²) in [6.07, 6.45) is 2.43. The zero-order valence-electron chi connectivity index (χ0n) is 13.4. The molecule has 118 valence electrons. The number of carbonyl (C=O) groups is 1. The number of fused-ring (bicyclic) bond motifs is 1. The van der Waals surface area contributed by atoms with E-state index in [-0.39, 0.29) is 5.91 Å². The third-order valence-corrected chi connectivity index (χ3v) is 4.61. The minimum absolute atomic E-state index is 0.00197. The molecule has 2 heterocycles. The van der Waals surface area contributed by atoms with Gasteiger partial charge in [-0.3, -0.25) is 4.79 Å². The SMILES string of the molecule is CC(C)N1CCC[C@H](CNC(=O)c2cc3ccccc3[nH]2)C1. The number of nitrogens with zero attached hydrogens (tertiary/aromatic N) is 1. The van der Waals surface area contributed by atoms with E-state index >= 15 is 0 Å². The first-order chi connectivity index (χ1) is 10.6. The Morgan fingerprint density at radius 3 is 3.00 bits per heavy atom. The largest absolute Gasteiger partial charge is 0.351 e. The molecule has 3 rings (SSSR count). The maximum Gasteiger partial charge on any atom is 0.267 e. The Morgan fingerprint density at radius 1 is 1.41 bits per heavy atom. The van der Waals surface area contributed by atoms with Crippen LogP contribution >= 0.6 is 0 Å². The molecule has 0 aliphatic carbocycles. The van der Waals surface area contributed by atoms with Gasteiger partial charge in [-0.05, 0) is 51.3 Å². The first-order valence-corrected chi connectivity index (χ1v) is 8.23. The molecule has 0 spiro atoms. The number of rotatable bonds is 4. The molecule has 2 N–H and O–H groups in total. The molecule has 1 aliphatic rings. The summed E-state index contributed by atoms with van der Waals surface area (Å²) in [4.78, 5) is 18.0. The second kappa shape index (κ2) is 6.53. The standard InChI is InChI=1S/C18H25N3O/c1-13(2)21-9-5-6-14(12-21)11-19-18(22)17-10-15-7-3-4-8-16(15)20-17/h3-4,7-8,10,13-14,20H,5-6,9,11-12H2,1-2H3,(H,19,22)/t14-/m1/s1. The number of hydrogen-bond donors (Lipinski definition) is 2. The summed E-state index contributed by atoms with van der Waals surface area (Å²) in [5.41, 5.74) is 1.66. The van der Waals surface area contributed by atoms with Crippen molar-refractivity contribution in [2.45, 2.75) is 32.7 Å². The molecule has 0 unspecified atom stereocenters. The summed E-state index contributed by atoms with van der Waals surface area (Å²) < 4.78 is 0. The molecule has 1 amide bonds. The van der Waals surface area contributed by atoms with Crippen molar-refractivity contribution in [2.75, 3.05) is 19.6 Å². The predicted molar refractivity (Wildman–Crippen MR) is 90.1 cm³/mol. The van der Waals surface area contributed by atoms with Crippen LogP contribution in [0.2, 0.25) is 0 Å². The Hall–Kier alpha value is -1.81. The van der Waals surface area contributed by atoms with Crippen LogP contribution in [0.25, 0.3) is 10.9 Å². The molecule has 1 aliphatic heterocycles. The summed E-state index contributed by atoms with van der Waals surface area (Å²) >= 11 is 0. The van der Waals surface area contributed by atoms with Crippen LogP contribution in [0.5, 0.6) is 0 Å². The number of H-pyrrole nitrogens is 1. The molecule has 1 aromatic heterocycles. The zero-order valence-corrected chi connectivity index (χ0v) is 13.4. The summed E-state index contributed by atoms with van der Waals surface area (Å²) in [6.45, 7) is 7.52. The molecular weight excluding hydrogens is 274 g/mol. The van der Waals surface area contributed by atoms with Gasteiger partial charge in [0.2, 0.25) is 0 Å². The van der Waals surface area contributed by atoms with E-state index in [1.807, 2.05) is 30.3 Å². The molecule has 0 saturated carbocycles. The van der Waals surface area contributed by atoms with Gasteiger partial charge in [0.25, 0.3) is 5.91 Å². The van der Waals surface area contributed by atoms with Gasteiger partial charge in [-0.15, -0.1) is 0 Å². The molecule has 22 heavy (non-hydrogen) atoms. The first kappa shape index (κ1) is 15.1. The van der Waals surface area contributed by atoms with E-state index in [4.69, 9.17) is 0 Å². The smallest absolute Gasteiger partial charge is 0.267 e. The van der Waals surface area contributed by atoms with Crippen molar-refractivity contribution >= 4 is 16.8 Å². The van der Waals surface area contributed by atoms with Crippen LogP contribution in [0.1, 0.15) is 37.2 Å². The summed E-state index contributed by atoms with van der Waals surface area (Å²) in [5, 5.41) is 4.17. The van der Waals surface area contributed by atoms with Crippen LogP contribution in [0.4, 0.5) is 0 Å². The lowest BCUT2D eigenvalue weighted by atomic mass is 9.97. The van der Waals surface area contributed by atoms with Crippen LogP contribution in [0.3, 0.4) is 0 Å². The highest BCUT2D eigenvalue weighted by atomic mass is 16.1. The average Bonchev–Trinajstić information content (AvgIpc) is 2.97. The van der Waals surface area contributed by atoms with Crippen molar-refractivity contribution in [3.8, 4) is 0 Å². The van der Waals surface area contributed by atoms with Crippen LogP contribution < -0.4 is 5.32 Å². The van der Waals surface area contributed by atoms with Gasteiger partial charge >= 0.3 is 0 Å². The van der Waals surface area contributed by atoms with Gasteiger partial charge in [0, 0.05) is 30.0 Å². The number of para-hydroxylation sites is 1. The van der Waals surface area contributed by atoms with Crippen molar-refractivity contribution in [1.29, 1.82) is 0 Å². The number of nitrogens with one attached hydrogen (secondary N) is 2. The van der Waals surface area contributed by atoms with Crippen molar-refractivity contribution < 1.29 is 4.79 Å². The second-order valence-electron chi connectivity index (χ2n) is 6.58. The van der Waals surface area contributed by atoms with Crippen LogP contribution in [0, 0.1) is 5.92 Å². The molecule has 1 aromatic carbocycles. The van der Waals surface area contributed by atoms with Gasteiger partial charge in [0.05, 0.1) is 0 Å². The third-order valence-electron chi connectivity index (χ3n) is 4.61. The quantitative estimate of drug-likeness (QED) is 0.911. The van der Waals surface area contributed by atoms with Gasteiger partial charge in [-0.2, -0.15) is 0 Å². The molecule has 2 aromatic rings. The number of aromatic nitrogens is 1. The van der Waals surface area contributed by atoms with Gasteiger partial charge in [-0.1, -0.05) is 18.2 Å². The average molecular weight is 299 g/mol. The summed E-state index contributed by atoms with van der Waals surface area (Å²) in [7, 11) is 0. The Kier molecular flexibility index (Phi) is 4.48. The Labute approximate surface area is 131 Å².